The first-order valence-electron chi connectivity index (χ1n) is 7.31. The number of methoxy groups -OCH3 is 1. The molecule has 3 aromatic rings. The van der Waals surface area contributed by atoms with E-state index in [0.29, 0.717) is 22.2 Å². The molecule has 5 nitrogen and oxygen atoms in total. The molecule has 8 heteroatoms. The summed E-state index contributed by atoms with van der Waals surface area (Å²) in [5.74, 6) is 0.583. The quantitative estimate of drug-likeness (QED) is 0.516. The van der Waals surface area contributed by atoms with Crippen molar-refractivity contribution < 1.29 is 13.9 Å². The molecule has 0 saturated heterocycles. The summed E-state index contributed by atoms with van der Waals surface area (Å²) in [5, 5.41) is 11.2. The molecular weight excluding hydrogens is 361 g/mol. The van der Waals surface area contributed by atoms with Gasteiger partial charge in [-0.2, -0.15) is 0 Å². The Labute approximate surface area is 152 Å². The first-order valence-corrected chi connectivity index (χ1v) is 9.11. The van der Waals surface area contributed by atoms with Gasteiger partial charge in [0.15, 0.2) is 4.34 Å². The number of benzene rings is 2. The third-order valence-corrected chi connectivity index (χ3v) is 5.30. The number of nitrogens with one attached hydrogen (secondary N) is 1. The lowest BCUT2D eigenvalue weighted by Crippen LogP contribution is -2.12. The zero-order valence-corrected chi connectivity index (χ0v) is 14.9. The third kappa shape index (κ3) is 4.55. The Hall–Kier alpha value is -2.45. The number of thioether (sulfide) groups is 1. The van der Waals surface area contributed by atoms with Crippen molar-refractivity contribution in [2.24, 2.45) is 0 Å². The van der Waals surface area contributed by atoms with E-state index >= 15 is 0 Å². The highest BCUT2D eigenvalue weighted by molar-refractivity contribution is 8.00. The molecule has 3 rings (SSSR count). The van der Waals surface area contributed by atoms with Crippen LogP contribution >= 0.6 is 23.1 Å². The second-order valence-corrected chi connectivity index (χ2v) is 7.14. The minimum Gasteiger partial charge on any atom is -0.496 e. The summed E-state index contributed by atoms with van der Waals surface area (Å²) in [6, 6.07) is 13.3. The maximum absolute atomic E-state index is 12.9. The van der Waals surface area contributed by atoms with Gasteiger partial charge in [0.05, 0.1) is 12.7 Å². The second kappa shape index (κ2) is 8.09. The number of carbonyl (C=O) groups is 1. The smallest absolute Gasteiger partial charge is 0.261 e. The number of carbonyl (C=O) groups excluding carboxylic acids is 1. The van der Waals surface area contributed by atoms with Gasteiger partial charge in [0.2, 0.25) is 5.13 Å². The van der Waals surface area contributed by atoms with Crippen molar-refractivity contribution in [1.82, 2.24) is 10.2 Å². The van der Waals surface area contributed by atoms with Gasteiger partial charge in [-0.25, -0.2) is 4.39 Å². The Morgan fingerprint density at radius 1 is 1.20 bits per heavy atom. The lowest BCUT2D eigenvalue weighted by atomic mass is 10.2. The highest BCUT2D eigenvalue weighted by Crippen LogP contribution is 2.29. The molecule has 2 aromatic carbocycles. The van der Waals surface area contributed by atoms with Gasteiger partial charge in [-0.05, 0) is 29.8 Å². The predicted octanol–water partition coefficient (Wildman–Crippen LogP) is 4.23. The van der Waals surface area contributed by atoms with E-state index in [0.717, 1.165) is 9.90 Å². The molecule has 1 aromatic heterocycles. The van der Waals surface area contributed by atoms with Gasteiger partial charge >= 0.3 is 0 Å². The average molecular weight is 375 g/mol. The van der Waals surface area contributed by atoms with Crippen molar-refractivity contribution in [3.63, 3.8) is 0 Å². The topological polar surface area (TPSA) is 64.1 Å². The number of anilines is 1. The van der Waals surface area contributed by atoms with Crippen LogP contribution in [-0.4, -0.2) is 23.2 Å². The number of hydrogen-bond donors (Lipinski definition) is 1. The molecule has 0 saturated carbocycles. The Balaban J connectivity index is 1.61. The number of hydrogen-bond acceptors (Lipinski definition) is 6. The Bertz CT molecular complexity index is 868. The van der Waals surface area contributed by atoms with Gasteiger partial charge in [-0.3, -0.25) is 10.1 Å². The van der Waals surface area contributed by atoms with Crippen LogP contribution in [0.25, 0.3) is 0 Å². The van der Waals surface area contributed by atoms with Gasteiger partial charge in [0, 0.05) is 5.75 Å². The molecule has 1 amide bonds. The van der Waals surface area contributed by atoms with E-state index in [1.54, 1.807) is 36.4 Å². The molecule has 0 aliphatic rings. The second-order valence-electron chi connectivity index (χ2n) is 4.94. The molecule has 0 fully saturated rings. The fourth-order valence-corrected chi connectivity index (χ4v) is 3.74. The van der Waals surface area contributed by atoms with Gasteiger partial charge in [-0.1, -0.05) is 47.4 Å². The van der Waals surface area contributed by atoms with Gasteiger partial charge in [0.1, 0.15) is 11.6 Å². The summed E-state index contributed by atoms with van der Waals surface area (Å²) in [5.41, 5.74) is 1.42. The molecule has 0 unspecified atom stereocenters. The van der Waals surface area contributed by atoms with E-state index < -0.39 is 0 Å². The first-order chi connectivity index (χ1) is 12.2. The first kappa shape index (κ1) is 17.4. The predicted molar refractivity (Wildman–Crippen MR) is 96.8 cm³/mol. The molecular formula is C17H14FN3O2S2. The van der Waals surface area contributed by atoms with Crippen LogP contribution in [0.2, 0.25) is 0 Å². The van der Waals surface area contributed by atoms with Gasteiger partial charge in [-0.15, -0.1) is 10.2 Å². The molecule has 0 aliphatic carbocycles. The summed E-state index contributed by atoms with van der Waals surface area (Å²) in [6.45, 7) is 0. The maximum atomic E-state index is 12.9. The van der Waals surface area contributed by atoms with E-state index in [9.17, 15) is 9.18 Å². The highest BCUT2D eigenvalue weighted by Gasteiger charge is 2.14. The van der Waals surface area contributed by atoms with Crippen LogP contribution < -0.4 is 10.1 Å². The van der Waals surface area contributed by atoms with E-state index in [2.05, 4.69) is 15.5 Å². The van der Waals surface area contributed by atoms with Crippen LogP contribution in [0.3, 0.4) is 0 Å². The maximum Gasteiger partial charge on any atom is 0.261 e. The lowest BCUT2D eigenvalue weighted by Gasteiger charge is -2.06. The largest absolute Gasteiger partial charge is 0.496 e. The number of aromatic nitrogens is 2. The summed E-state index contributed by atoms with van der Waals surface area (Å²) in [6.07, 6.45) is 0. The van der Waals surface area contributed by atoms with E-state index in [4.69, 9.17) is 4.74 Å². The Morgan fingerprint density at radius 3 is 2.72 bits per heavy atom. The van der Waals surface area contributed by atoms with Gasteiger partial charge in [0.25, 0.3) is 5.91 Å². The van der Waals surface area contributed by atoms with Crippen molar-refractivity contribution in [1.29, 1.82) is 0 Å². The van der Waals surface area contributed by atoms with E-state index in [1.165, 1.54) is 42.3 Å². The minimum atomic E-state index is -0.302. The number of halogens is 1. The van der Waals surface area contributed by atoms with E-state index in [1.807, 2.05) is 0 Å². The Morgan fingerprint density at radius 2 is 1.96 bits per heavy atom. The molecule has 1 N–H and O–H groups in total. The van der Waals surface area contributed by atoms with Gasteiger partial charge < -0.3 is 4.74 Å². The Kier molecular flexibility index (Phi) is 5.62. The SMILES string of the molecule is COc1ccccc1C(=O)Nc1nnc(SCc2ccc(F)cc2)s1. The molecule has 0 bridgehead atoms. The molecule has 0 radical (unpaired) electrons. The third-order valence-electron chi connectivity index (χ3n) is 3.25. The fourth-order valence-electron chi connectivity index (χ4n) is 2.04. The van der Waals surface area contributed by atoms with Crippen LogP contribution in [0, 0.1) is 5.82 Å². The van der Waals surface area contributed by atoms with Crippen molar-refractivity contribution in [3.05, 3.63) is 65.5 Å². The minimum absolute atomic E-state index is 0.258. The van der Waals surface area contributed by atoms with Crippen LogP contribution in [0.15, 0.2) is 52.9 Å². The standard InChI is InChI=1S/C17H14FN3O2S2/c1-23-14-5-3-2-4-13(14)15(22)19-16-20-21-17(25-16)24-10-11-6-8-12(18)9-7-11/h2-9H,10H2,1H3,(H,19,20,22). The fraction of sp³-hybridized carbons (Fsp3) is 0.118. The summed E-state index contributed by atoms with van der Waals surface area (Å²) in [4.78, 5) is 12.3. The van der Waals surface area contributed by atoms with Crippen molar-refractivity contribution >= 4 is 34.1 Å². The molecule has 0 aliphatic heterocycles. The molecule has 25 heavy (non-hydrogen) atoms. The number of ether oxygens (including phenoxy) is 1. The zero-order valence-electron chi connectivity index (χ0n) is 13.2. The number of rotatable bonds is 6. The zero-order chi connectivity index (χ0) is 17.6. The molecule has 0 spiro atoms. The van der Waals surface area contributed by atoms with Crippen molar-refractivity contribution in [2.75, 3.05) is 12.4 Å². The monoisotopic (exact) mass is 375 g/mol. The van der Waals surface area contributed by atoms with Crippen LogP contribution in [0.5, 0.6) is 5.75 Å². The van der Waals surface area contributed by atoms with Crippen molar-refractivity contribution in [3.8, 4) is 5.75 Å². The normalized spacial score (nSPS) is 10.5. The number of para-hydroxylation sites is 1. The number of amides is 1. The highest BCUT2D eigenvalue weighted by atomic mass is 32.2. The number of nitrogens with zero attached hydrogens (tertiary/aromatic N) is 2. The van der Waals surface area contributed by atoms with Crippen LogP contribution in [0.4, 0.5) is 9.52 Å². The van der Waals surface area contributed by atoms with Crippen LogP contribution in [0.1, 0.15) is 15.9 Å². The lowest BCUT2D eigenvalue weighted by molar-refractivity contribution is 0.102. The molecule has 1 heterocycles. The van der Waals surface area contributed by atoms with E-state index in [-0.39, 0.29) is 11.7 Å². The summed E-state index contributed by atoms with van der Waals surface area (Å²) < 4.78 is 18.8. The molecule has 128 valence electrons. The van der Waals surface area contributed by atoms with Crippen LogP contribution in [-0.2, 0) is 5.75 Å². The average Bonchev–Trinajstić information content (AvgIpc) is 3.08. The molecule has 0 atom stereocenters. The summed E-state index contributed by atoms with van der Waals surface area (Å²) in [7, 11) is 1.52. The summed E-state index contributed by atoms with van der Waals surface area (Å²) >= 11 is 2.76. The van der Waals surface area contributed by atoms with Crippen molar-refractivity contribution in [2.45, 2.75) is 10.1 Å².